The number of aryl methyl sites for hydroxylation is 1. The van der Waals surface area contributed by atoms with E-state index in [4.69, 9.17) is 18.4 Å². The smallest absolute Gasteiger partial charge is 0.305 e. The number of carbonyl (C=O) groups excluding carboxylic acids is 1. The highest BCUT2D eigenvalue weighted by Gasteiger charge is 2.31. The van der Waals surface area contributed by atoms with Crippen LogP contribution in [0.5, 0.6) is 0 Å². The molecule has 0 N–H and O–H groups in total. The van der Waals surface area contributed by atoms with Crippen molar-refractivity contribution in [1.29, 1.82) is 0 Å². The number of ether oxygens (including phenoxy) is 3. The summed E-state index contributed by atoms with van der Waals surface area (Å²) in [5.74, 6) is -0.220. The minimum absolute atomic E-state index is 0.155. The highest BCUT2D eigenvalue weighted by molar-refractivity contribution is 8.03. The van der Waals surface area contributed by atoms with Gasteiger partial charge in [-0.05, 0) is 57.1 Å². The fourth-order valence-electron chi connectivity index (χ4n) is 6.10. The Labute approximate surface area is 296 Å². The van der Waals surface area contributed by atoms with Crippen molar-refractivity contribution in [3.05, 3.63) is 40.9 Å². The minimum atomic E-state index is -3.87. The third-order valence-corrected chi connectivity index (χ3v) is 11.6. The van der Waals surface area contributed by atoms with Crippen LogP contribution in [0.4, 0.5) is 0 Å². The molecule has 3 unspecified atom stereocenters. The minimum Gasteiger partial charge on any atom is -0.463 e. The third kappa shape index (κ3) is 16.4. The summed E-state index contributed by atoms with van der Waals surface area (Å²) in [4.78, 5) is 14.4. The predicted octanol–water partition coefficient (Wildman–Crippen LogP) is 10.0. The largest absolute Gasteiger partial charge is 0.463 e. The Morgan fingerprint density at radius 3 is 2.04 bits per heavy atom. The maximum absolute atomic E-state index is 12.8. The molecule has 2 heterocycles. The first-order valence-electron chi connectivity index (χ1n) is 18.8. The molecule has 0 saturated carbocycles. The number of thioether (sulfide) groups is 1. The molecular formula is C38H63NO7S2. The van der Waals surface area contributed by atoms with Crippen LogP contribution < -0.4 is 0 Å². The summed E-state index contributed by atoms with van der Waals surface area (Å²) in [7, 11) is -3.87. The van der Waals surface area contributed by atoms with Gasteiger partial charge in [0.2, 0.25) is 5.56 Å². The van der Waals surface area contributed by atoms with Gasteiger partial charge in [-0.3, -0.25) is 4.79 Å². The van der Waals surface area contributed by atoms with E-state index < -0.39 is 15.7 Å². The molecule has 274 valence electrons. The maximum Gasteiger partial charge on any atom is 0.305 e. The second-order valence-electron chi connectivity index (χ2n) is 13.5. The van der Waals surface area contributed by atoms with Gasteiger partial charge in [0.05, 0.1) is 11.5 Å². The molecule has 0 bridgehead atoms. The van der Waals surface area contributed by atoms with E-state index >= 15 is 0 Å². The normalized spacial score (nSPS) is 19.6. The lowest BCUT2D eigenvalue weighted by Crippen LogP contribution is -2.32. The second-order valence-corrected chi connectivity index (χ2v) is 16.0. The summed E-state index contributed by atoms with van der Waals surface area (Å²) in [5, 5.41) is 1.92. The van der Waals surface area contributed by atoms with Crippen LogP contribution in [0.3, 0.4) is 0 Å². The average molecular weight is 710 g/mol. The molecule has 0 amide bonds. The van der Waals surface area contributed by atoms with Gasteiger partial charge in [-0.1, -0.05) is 133 Å². The van der Waals surface area contributed by atoms with Gasteiger partial charge in [0, 0.05) is 18.7 Å². The Kier molecular flexibility index (Phi) is 20.2. The number of allylic oxidation sites excluding steroid dienone is 1. The van der Waals surface area contributed by atoms with E-state index in [9.17, 15) is 13.2 Å². The monoisotopic (exact) mass is 709 g/mol. The topological polar surface area (TPSA) is 91.4 Å². The lowest BCUT2D eigenvalue weighted by atomic mass is 10.0. The highest BCUT2D eigenvalue weighted by atomic mass is 32.2. The zero-order valence-electron chi connectivity index (χ0n) is 30.0. The molecule has 2 aliphatic rings. The van der Waals surface area contributed by atoms with Gasteiger partial charge < -0.3 is 19.1 Å². The molecule has 48 heavy (non-hydrogen) atoms. The molecular weight excluding hydrogens is 647 g/mol. The van der Waals surface area contributed by atoms with E-state index in [1.165, 1.54) is 102 Å². The summed E-state index contributed by atoms with van der Waals surface area (Å²) < 4.78 is 48.3. The van der Waals surface area contributed by atoms with E-state index in [1.807, 2.05) is 24.2 Å². The maximum atomic E-state index is 12.8. The molecule has 2 aliphatic heterocycles. The van der Waals surface area contributed by atoms with Gasteiger partial charge in [-0.2, -0.15) is 8.42 Å². The molecule has 0 spiro atoms. The van der Waals surface area contributed by atoms with Crippen molar-refractivity contribution in [3.63, 3.8) is 0 Å². The van der Waals surface area contributed by atoms with Crippen LogP contribution in [0.2, 0.25) is 0 Å². The van der Waals surface area contributed by atoms with Gasteiger partial charge in [-0.15, -0.1) is 0 Å². The zero-order valence-corrected chi connectivity index (χ0v) is 31.6. The molecule has 1 aromatic rings. The first-order valence-corrected chi connectivity index (χ1v) is 21.1. The van der Waals surface area contributed by atoms with Crippen molar-refractivity contribution < 1.29 is 31.6 Å². The van der Waals surface area contributed by atoms with Crippen LogP contribution in [0.15, 0.2) is 40.3 Å². The number of hydrogen-bond acceptors (Lipinski definition) is 9. The summed E-state index contributed by atoms with van der Waals surface area (Å²) in [6.07, 6.45) is 23.5. The lowest BCUT2D eigenvalue weighted by molar-refractivity contribution is -0.148. The molecule has 3 atom stereocenters. The van der Waals surface area contributed by atoms with Crippen molar-refractivity contribution in [2.24, 2.45) is 0 Å². The molecule has 1 fully saturated rings. The molecule has 0 aromatic heterocycles. The average Bonchev–Trinajstić information content (AvgIpc) is 3.67. The Hall–Kier alpha value is -1.59. The van der Waals surface area contributed by atoms with Crippen molar-refractivity contribution in [2.75, 3.05) is 19.8 Å². The van der Waals surface area contributed by atoms with Gasteiger partial charge in [0.15, 0.2) is 6.29 Å². The summed E-state index contributed by atoms with van der Waals surface area (Å²) in [5.41, 5.74) is 1.33. The summed E-state index contributed by atoms with van der Waals surface area (Å²) in [6.45, 7) is 7.49. The van der Waals surface area contributed by atoms with Crippen molar-refractivity contribution in [3.8, 4) is 0 Å². The lowest BCUT2D eigenvalue weighted by Gasteiger charge is -2.27. The molecule has 1 saturated heterocycles. The Morgan fingerprint density at radius 1 is 0.833 bits per heavy atom. The van der Waals surface area contributed by atoms with Crippen LogP contribution in [0, 0.1) is 6.92 Å². The number of rotatable bonds is 27. The molecule has 3 rings (SSSR count). The molecule has 0 aliphatic carbocycles. The number of unbranched alkanes of at least 4 members (excludes halogenated alkanes) is 16. The first kappa shape index (κ1) is 40.8. The Morgan fingerprint density at radius 2 is 1.42 bits per heavy atom. The predicted molar refractivity (Wildman–Crippen MR) is 195 cm³/mol. The van der Waals surface area contributed by atoms with Gasteiger partial charge in [0.25, 0.3) is 10.1 Å². The quantitative estimate of drug-likeness (QED) is 0.0503. The van der Waals surface area contributed by atoms with E-state index in [0.717, 1.165) is 36.9 Å². The standard InChI is InChI=1S/C38H63NO7S2/c1-4-5-6-7-8-9-10-11-12-13-14-15-16-17-20-23-37-44-30-34(45-37)29-43-36(40)22-19-18-21-28-39-33(3)31-47-38(39)46-48(41,42)35-26-24-32(2)25-27-35/h24-27,31,34,37-38H,4-23,28-30H2,1-3H3. The number of hydrogen-bond donors (Lipinski definition) is 0. The van der Waals surface area contributed by atoms with Crippen molar-refractivity contribution in [1.82, 2.24) is 4.90 Å². The van der Waals surface area contributed by atoms with Crippen LogP contribution in [0.1, 0.15) is 148 Å². The van der Waals surface area contributed by atoms with E-state index in [1.54, 1.807) is 24.3 Å². The van der Waals surface area contributed by atoms with Crippen LogP contribution in [-0.2, 0) is 33.3 Å². The van der Waals surface area contributed by atoms with E-state index in [-0.39, 0.29) is 29.9 Å². The van der Waals surface area contributed by atoms with E-state index in [0.29, 0.717) is 26.0 Å². The summed E-state index contributed by atoms with van der Waals surface area (Å²) in [6, 6.07) is 6.66. The third-order valence-electron chi connectivity index (χ3n) is 9.15. The van der Waals surface area contributed by atoms with Gasteiger partial charge >= 0.3 is 5.97 Å². The highest BCUT2D eigenvalue weighted by Crippen LogP contribution is 2.34. The van der Waals surface area contributed by atoms with Crippen molar-refractivity contribution in [2.45, 2.75) is 172 Å². The Bertz CT molecular complexity index is 1160. The number of carbonyl (C=O) groups is 1. The molecule has 8 nitrogen and oxygen atoms in total. The van der Waals surface area contributed by atoms with Crippen molar-refractivity contribution >= 4 is 27.8 Å². The van der Waals surface area contributed by atoms with Crippen LogP contribution in [-0.4, -0.2) is 57.0 Å². The molecule has 1 aromatic carbocycles. The Balaban J connectivity index is 1.14. The van der Waals surface area contributed by atoms with Gasteiger partial charge in [-0.25, -0.2) is 4.18 Å². The SMILES string of the molecule is CCCCCCCCCCCCCCCCCC1OCC(COC(=O)CCCCCN2C(C)=CSC2OS(=O)(=O)c2ccc(C)cc2)O1. The first-order chi connectivity index (χ1) is 23.3. The zero-order chi connectivity index (χ0) is 34.5. The van der Waals surface area contributed by atoms with Crippen LogP contribution in [0.25, 0.3) is 0 Å². The fourth-order valence-corrected chi connectivity index (χ4v) is 8.36. The number of esters is 1. The molecule has 10 heteroatoms. The molecule has 0 radical (unpaired) electrons. The number of nitrogens with zero attached hydrogens (tertiary/aromatic N) is 1. The van der Waals surface area contributed by atoms with Gasteiger partial charge in [0.1, 0.15) is 12.7 Å². The fraction of sp³-hybridized carbons (Fsp3) is 0.763. The van der Waals surface area contributed by atoms with E-state index in [2.05, 4.69) is 6.92 Å². The summed E-state index contributed by atoms with van der Waals surface area (Å²) >= 11 is 1.35. The van der Waals surface area contributed by atoms with Crippen LogP contribution >= 0.6 is 11.8 Å². The number of benzene rings is 1. The second kappa shape index (κ2) is 23.7.